The molecule has 0 spiro atoms. The molecule has 0 saturated carbocycles. The number of carbonyl (C=O) groups is 1. The van der Waals surface area contributed by atoms with Gasteiger partial charge < -0.3 is 14.6 Å². The molecule has 2 aromatic rings. The minimum Gasteiger partial charge on any atom is -0.508 e. The maximum Gasteiger partial charge on any atom is 0.371 e. The number of carboxylic acid groups (broad SMARTS) is 1. The fraction of sp³-hybridized carbons (Fsp3) is 0.0833. The number of sulfonamides is 1. The number of nitrogens with one attached hydrogen (secondary N) is 1. The summed E-state index contributed by atoms with van der Waals surface area (Å²) in [6.07, 6.45) is 0. The highest BCUT2D eigenvalue weighted by molar-refractivity contribution is 9.10. The summed E-state index contributed by atoms with van der Waals surface area (Å²) in [5, 5.41) is 18.3. The molecule has 0 aliphatic heterocycles. The van der Waals surface area contributed by atoms with Crippen LogP contribution >= 0.6 is 15.9 Å². The fourth-order valence-electron chi connectivity index (χ4n) is 1.55. The van der Waals surface area contributed by atoms with Crippen molar-refractivity contribution in [3.05, 3.63) is 46.3 Å². The summed E-state index contributed by atoms with van der Waals surface area (Å²) in [6.45, 7) is -0.144. The fourth-order valence-corrected chi connectivity index (χ4v) is 3.50. The van der Waals surface area contributed by atoms with Crippen LogP contribution in [0.2, 0.25) is 0 Å². The number of carboxylic acids is 1. The first-order valence-corrected chi connectivity index (χ1v) is 7.88. The number of para-hydroxylation sites is 1. The first-order chi connectivity index (χ1) is 9.81. The quantitative estimate of drug-likeness (QED) is 0.734. The van der Waals surface area contributed by atoms with E-state index < -0.39 is 21.8 Å². The van der Waals surface area contributed by atoms with Crippen LogP contribution in [0.3, 0.4) is 0 Å². The van der Waals surface area contributed by atoms with Gasteiger partial charge in [0.2, 0.25) is 15.8 Å². The van der Waals surface area contributed by atoms with Crippen molar-refractivity contribution in [1.82, 2.24) is 4.72 Å². The normalized spacial score (nSPS) is 11.5. The molecule has 7 nitrogen and oxygen atoms in total. The molecule has 0 amide bonds. The third-order valence-electron chi connectivity index (χ3n) is 2.60. The summed E-state index contributed by atoms with van der Waals surface area (Å²) in [7, 11) is -3.98. The summed E-state index contributed by atoms with van der Waals surface area (Å²) in [5.74, 6) is -1.92. The summed E-state index contributed by atoms with van der Waals surface area (Å²) in [5.41, 5.74) is 0.388. The van der Waals surface area contributed by atoms with E-state index in [9.17, 15) is 18.3 Å². The smallest absolute Gasteiger partial charge is 0.371 e. The zero-order valence-electron chi connectivity index (χ0n) is 10.4. The van der Waals surface area contributed by atoms with Crippen LogP contribution in [0.15, 0.2) is 44.3 Å². The zero-order chi connectivity index (χ0) is 15.6. The largest absolute Gasteiger partial charge is 0.508 e. The maximum atomic E-state index is 12.1. The second-order valence-electron chi connectivity index (χ2n) is 4.01. The summed E-state index contributed by atoms with van der Waals surface area (Å²) < 4.78 is 31.0. The van der Waals surface area contributed by atoms with Crippen LogP contribution in [0.4, 0.5) is 0 Å². The van der Waals surface area contributed by atoms with Crippen molar-refractivity contribution in [2.45, 2.75) is 11.4 Å². The number of halogens is 1. The molecule has 0 aliphatic carbocycles. The number of rotatable bonds is 5. The van der Waals surface area contributed by atoms with E-state index >= 15 is 0 Å². The average molecular weight is 376 g/mol. The van der Waals surface area contributed by atoms with Crippen LogP contribution in [-0.2, 0) is 16.6 Å². The van der Waals surface area contributed by atoms with E-state index in [1.807, 2.05) is 0 Å². The zero-order valence-corrected chi connectivity index (χ0v) is 12.8. The van der Waals surface area contributed by atoms with Gasteiger partial charge in [-0.3, -0.25) is 0 Å². The van der Waals surface area contributed by atoms with Gasteiger partial charge in [0.15, 0.2) is 4.67 Å². The molecule has 1 heterocycles. The molecular formula is C12H10BrNO6S. The van der Waals surface area contributed by atoms with E-state index in [1.54, 1.807) is 18.2 Å². The molecule has 21 heavy (non-hydrogen) atoms. The Bertz CT molecular complexity index is 783. The number of hydrogen-bond acceptors (Lipinski definition) is 5. The molecule has 0 atom stereocenters. The monoisotopic (exact) mass is 375 g/mol. The van der Waals surface area contributed by atoms with Crippen molar-refractivity contribution in [3.8, 4) is 5.75 Å². The molecule has 0 unspecified atom stereocenters. The Hall–Kier alpha value is -1.84. The molecule has 2 rings (SSSR count). The minimum absolute atomic E-state index is 0.0438. The van der Waals surface area contributed by atoms with Gasteiger partial charge in [0, 0.05) is 18.2 Å². The lowest BCUT2D eigenvalue weighted by atomic mass is 10.2. The Morgan fingerprint density at radius 3 is 2.57 bits per heavy atom. The predicted octanol–water partition coefficient (Wildman–Crippen LogP) is 1.92. The van der Waals surface area contributed by atoms with E-state index in [0.717, 1.165) is 6.07 Å². The molecule has 1 aromatic carbocycles. The highest BCUT2D eigenvalue weighted by atomic mass is 79.9. The molecule has 0 saturated heterocycles. The maximum absolute atomic E-state index is 12.1. The van der Waals surface area contributed by atoms with Gasteiger partial charge in [-0.25, -0.2) is 17.9 Å². The van der Waals surface area contributed by atoms with Crippen molar-refractivity contribution in [2.75, 3.05) is 0 Å². The SMILES string of the molecule is O=C(O)c1cc(S(=O)(=O)NCc2ccccc2O)c(Br)o1. The Labute approximate surface area is 128 Å². The molecule has 0 bridgehead atoms. The Balaban J connectivity index is 2.23. The predicted molar refractivity (Wildman–Crippen MR) is 75.5 cm³/mol. The van der Waals surface area contributed by atoms with Gasteiger partial charge in [0.1, 0.15) is 10.6 Å². The van der Waals surface area contributed by atoms with Crippen molar-refractivity contribution >= 4 is 31.9 Å². The van der Waals surface area contributed by atoms with E-state index in [2.05, 4.69) is 20.7 Å². The number of phenolic OH excluding ortho intramolecular Hbond substituents is 1. The second kappa shape index (κ2) is 5.88. The lowest BCUT2D eigenvalue weighted by Crippen LogP contribution is -2.23. The summed E-state index contributed by atoms with van der Waals surface area (Å²) in [6, 6.07) is 7.16. The van der Waals surface area contributed by atoms with Gasteiger partial charge in [0.25, 0.3) is 0 Å². The summed E-state index contributed by atoms with van der Waals surface area (Å²) in [4.78, 5) is 10.4. The molecule has 0 radical (unpaired) electrons. The van der Waals surface area contributed by atoms with Crippen LogP contribution in [0.25, 0.3) is 0 Å². The lowest BCUT2D eigenvalue weighted by molar-refractivity contribution is 0.0661. The van der Waals surface area contributed by atoms with Crippen LogP contribution in [-0.4, -0.2) is 24.6 Å². The minimum atomic E-state index is -3.98. The standard InChI is InChI=1S/C12H10BrNO6S/c13-11-10(5-9(20-11)12(16)17)21(18,19)14-6-7-3-1-2-4-8(7)15/h1-5,14-15H,6H2,(H,16,17). The molecule has 1 aromatic heterocycles. The van der Waals surface area contributed by atoms with E-state index in [4.69, 9.17) is 9.52 Å². The molecule has 0 aliphatic rings. The number of aromatic carboxylic acids is 1. The Morgan fingerprint density at radius 1 is 1.33 bits per heavy atom. The van der Waals surface area contributed by atoms with Crippen LogP contribution in [0.1, 0.15) is 16.1 Å². The summed E-state index contributed by atoms with van der Waals surface area (Å²) >= 11 is 2.86. The van der Waals surface area contributed by atoms with E-state index in [1.165, 1.54) is 6.07 Å². The number of phenols is 1. The lowest BCUT2D eigenvalue weighted by Gasteiger charge is -2.06. The first-order valence-electron chi connectivity index (χ1n) is 5.60. The van der Waals surface area contributed by atoms with Gasteiger partial charge in [-0.15, -0.1) is 0 Å². The highest BCUT2D eigenvalue weighted by Crippen LogP contribution is 2.26. The number of hydrogen-bond donors (Lipinski definition) is 3. The second-order valence-corrected chi connectivity index (χ2v) is 6.46. The molecule has 112 valence electrons. The van der Waals surface area contributed by atoms with Crippen molar-refractivity contribution in [3.63, 3.8) is 0 Å². The average Bonchev–Trinajstić information content (AvgIpc) is 2.81. The van der Waals surface area contributed by atoms with Crippen LogP contribution in [0, 0.1) is 0 Å². The van der Waals surface area contributed by atoms with Gasteiger partial charge in [-0.05, 0) is 22.0 Å². The third-order valence-corrected chi connectivity index (χ3v) is 4.86. The van der Waals surface area contributed by atoms with Crippen molar-refractivity contribution < 1.29 is 27.8 Å². The number of furan rings is 1. The third kappa shape index (κ3) is 3.43. The van der Waals surface area contributed by atoms with Gasteiger partial charge in [0.05, 0.1) is 0 Å². The van der Waals surface area contributed by atoms with E-state index in [0.29, 0.717) is 5.56 Å². The van der Waals surface area contributed by atoms with Crippen molar-refractivity contribution in [2.24, 2.45) is 0 Å². The van der Waals surface area contributed by atoms with Crippen LogP contribution < -0.4 is 4.72 Å². The van der Waals surface area contributed by atoms with Gasteiger partial charge in [-0.2, -0.15) is 0 Å². The highest BCUT2D eigenvalue weighted by Gasteiger charge is 2.24. The number of benzene rings is 1. The molecule has 0 fully saturated rings. The molecular weight excluding hydrogens is 366 g/mol. The first kappa shape index (κ1) is 15.5. The van der Waals surface area contributed by atoms with Crippen molar-refractivity contribution in [1.29, 1.82) is 0 Å². The van der Waals surface area contributed by atoms with Crippen LogP contribution in [0.5, 0.6) is 5.75 Å². The van der Waals surface area contributed by atoms with Gasteiger partial charge in [-0.1, -0.05) is 18.2 Å². The van der Waals surface area contributed by atoms with E-state index in [-0.39, 0.29) is 21.9 Å². The molecule has 3 N–H and O–H groups in total. The molecule has 9 heteroatoms. The topological polar surface area (TPSA) is 117 Å². The Morgan fingerprint density at radius 2 is 2.00 bits per heavy atom. The van der Waals surface area contributed by atoms with Gasteiger partial charge >= 0.3 is 5.97 Å². The Kier molecular flexibility index (Phi) is 4.35. The number of aromatic hydroxyl groups is 1.